The molecule has 1 aliphatic heterocycles. The third-order valence-corrected chi connectivity index (χ3v) is 3.30. The molecule has 90 valence electrons. The minimum Gasteiger partial charge on any atom is -0.314 e. The van der Waals surface area contributed by atoms with Crippen LogP contribution in [-0.4, -0.2) is 50.2 Å². The maximum atomic E-state index is 3.56. The van der Waals surface area contributed by atoms with Crippen molar-refractivity contribution in [3.8, 4) is 0 Å². The average molecular weight is 213 g/mol. The van der Waals surface area contributed by atoms with Crippen LogP contribution in [0.2, 0.25) is 0 Å². The summed E-state index contributed by atoms with van der Waals surface area (Å²) in [5, 5.41) is 7.11. The summed E-state index contributed by atoms with van der Waals surface area (Å²) in [7, 11) is 0. The van der Waals surface area contributed by atoms with Gasteiger partial charge in [-0.1, -0.05) is 20.3 Å². The van der Waals surface area contributed by atoms with E-state index in [1.54, 1.807) is 0 Å². The smallest absolute Gasteiger partial charge is 0.0192 e. The molecule has 0 radical (unpaired) electrons. The zero-order valence-electron chi connectivity index (χ0n) is 10.4. The molecule has 2 N–H and O–H groups in total. The molecule has 1 unspecified atom stereocenters. The Hall–Kier alpha value is -0.120. The Balaban J connectivity index is 1.95. The first kappa shape index (κ1) is 12.9. The lowest BCUT2D eigenvalue weighted by atomic mass is 10.1. The molecular formula is C12H27N3. The third-order valence-electron chi connectivity index (χ3n) is 3.30. The molecule has 1 fully saturated rings. The van der Waals surface area contributed by atoms with Gasteiger partial charge in [0.2, 0.25) is 0 Å². The highest BCUT2D eigenvalue weighted by Gasteiger charge is 2.11. The van der Waals surface area contributed by atoms with Gasteiger partial charge in [-0.25, -0.2) is 0 Å². The summed E-state index contributed by atoms with van der Waals surface area (Å²) in [6.07, 6.45) is 4.10. The van der Waals surface area contributed by atoms with Gasteiger partial charge in [-0.05, 0) is 32.5 Å². The first-order chi connectivity index (χ1) is 7.36. The highest BCUT2D eigenvalue weighted by molar-refractivity contribution is 4.74. The number of hydrogen-bond acceptors (Lipinski definition) is 3. The van der Waals surface area contributed by atoms with Crippen molar-refractivity contribution < 1.29 is 0 Å². The largest absolute Gasteiger partial charge is 0.314 e. The summed E-state index contributed by atoms with van der Waals surface area (Å²) < 4.78 is 0. The molecule has 0 bridgehead atoms. The Morgan fingerprint density at radius 3 is 2.67 bits per heavy atom. The van der Waals surface area contributed by atoms with Crippen molar-refractivity contribution in [3.63, 3.8) is 0 Å². The Morgan fingerprint density at radius 1 is 1.27 bits per heavy atom. The Morgan fingerprint density at radius 2 is 2.07 bits per heavy atom. The fourth-order valence-corrected chi connectivity index (χ4v) is 2.15. The summed E-state index contributed by atoms with van der Waals surface area (Å²) in [5.41, 5.74) is 0. The number of rotatable bonds is 7. The summed E-state index contributed by atoms with van der Waals surface area (Å²) in [4.78, 5) is 2.46. The summed E-state index contributed by atoms with van der Waals surface area (Å²) in [6.45, 7) is 11.4. The lowest BCUT2D eigenvalue weighted by molar-refractivity contribution is 0.296. The summed E-state index contributed by atoms with van der Waals surface area (Å²) in [5.74, 6) is 0. The van der Waals surface area contributed by atoms with E-state index < -0.39 is 0 Å². The van der Waals surface area contributed by atoms with Gasteiger partial charge >= 0.3 is 0 Å². The maximum Gasteiger partial charge on any atom is 0.0192 e. The minimum absolute atomic E-state index is 0.718. The molecule has 0 aliphatic carbocycles. The van der Waals surface area contributed by atoms with Crippen LogP contribution in [0, 0.1) is 0 Å². The fourth-order valence-electron chi connectivity index (χ4n) is 2.15. The highest BCUT2D eigenvalue weighted by Crippen LogP contribution is 2.05. The first-order valence-corrected chi connectivity index (χ1v) is 6.53. The Kier molecular flexibility index (Phi) is 6.98. The normalized spacial score (nSPS) is 22.2. The first-order valence-electron chi connectivity index (χ1n) is 6.53. The third kappa shape index (κ3) is 5.50. The predicted molar refractivity (Wildman–Crippen MR) is 66.3 cm³/mol. The molecule has 1 heterocycles. The molecule has 3 heteroatoms. The van der Waals surface area contributed by atoms with Crippen molar-refractivity contribution in [3.05, 3.63) is 0 Å². The zero-order chi connectivity index (χ0) is 10.9. The number of hydrogen-bond donors (Lipinski definition) is 2. The van der Waals surface area contributed by atoms with Crippen LogP contribution in [0.3, 0.4) is 0 Å². The number of nitrogens with zero attached hydrogens (tertiary/aromatic N) is 1. The van der Waals surface area contributed by atoms with Gasteiger partial charge in [-0.2, -0.15) is 0 Å². The van der Waals surface area contributed by atoms with E-state index in [0.29, 0.717) is 0 Å². The maximum absolute atomic E-state index is 3.56. The van der Waals surface area contributed by atoms with Gasteiger partial charge in [-0.15, -0.1) is 0 Å². The fraction of sp³-hybridized carbons (Fsp3) is 1.00. The van der Waals surface area contributed by atoms with E-state index in [2.05, 4.69) is 29.4 Å². The quantitative estimate of drug-likeness (QED) is 0.619. The van der Waals surface area contributed by atoms with Gasteiger partial charge in [0.15, 0.2) is 0 Å². The lowest BCUT2D eigenvalue weighted by Crippen LogP contribution is -2.43. The number of piperidine rings is 1. The second-order valence-electron chi connectivity index (χ2n) is 4.38. The molecule has 1 saturated heterocycles. The predicted octanol–water partition coefficient (Wildman–Crippen LogP) is 1.06. The van der Waals surface area contributed by atoms with E-state index in [1.807, 2.05) is 0 Å². The SMILES string of the molecule is CCN(CC)CCNCC1CCCCN1. The monoisotopic (exact) mass is 213 g/mol. The molecule has 1 aliphatic rings. The molecule has 1 rings (SSSR count). The van der Waals surface area contributed by atoms with Crippen LogP contribution in [-0.2, 0) is 0 Å². The van der Waals surface area contributed by atoms with Crippen molar-refractivity contribution in [2.75, 3.05) is 39.3 Å². The molecule has 0 spiro atoms. The van der Waals surface area contributed by atoms with Gasteiger partial charge in [0, 0.05) is 25.7 Å². The topological polar surface area (TPSA) is 27.3 Å². The lowest BCUT2D eigenvalue weighted by Gasteiger charge is -2.24. The van der Waals surface area contributed by atoms with Crippen molar-refractivity contribution in [1.29, 1.82) is 0 Å². The van der Waals surface area contributed by atoms with Crippen LogP contribution in [0.5, 0.6) is 0 Å². The molecule has 0 aromatic heterocycles. The molecule has 0 saturated carbocycles. The highest BCUT2D eigenvalue weighted by atomic mass is 15.1. The van der Waals surface area contributed by atoms with Crippen LogP contribution in [0.15, 0.2) is 0 Å². The Labute approximate surface area is 94.6 Å². The van der Waals surface area contributed by atoms with E-state index in [4.69, 9.17) is 0 Å². The van der Waals surface area contributed by atoms with Crippen molar-refractivity contribution in [2.45, 2.75) is 39.2 Å². The van der Waals surface area contributed by atoms with Crippen LogP contribution in [0.1, 0.15) is 33.1 Å². The van der Waals surface area contributed by atoms with E-state index >= 15 is 0 Å². The second kappa shape index (κ2) is 8.08. The Bertz CT molecular complexity index is 140. The summed E-state index contributed by atoms with van der Waals surface area (Å²) >= 11 is 0. The van der Waals surface area contributed by atoms with Crippen LogP contribution < -0.4 is 10.6 Å². The summed E-state index contributed by atoms with van der Waals surface area (Å²) in [6, 6.07) is 0.718. The van der Waals surface area contributed by atoms with Gasteiger partial charge in [0.25, 0.3) is 0 Å². The van der Waals surface area contributed by atoms with E-state index in [0.717, 1.165) is 19.1 Å². The van der Waals surface area contributed by atoms with Crippen LogP contribution in [0.4, 0.5) is 0 Å². The van der Waals surface area contributed by atoms with Gasteiger partial charge in [0.1, 0.15) is 0 Å². The van der Waals surface area contributed by atoms with Crippen molar-refractivity contribution in [2.24, 2.45) is 0 Å². The van der Waals surface area contributed by atoms with Gasteiger partial charge in [-0.3, -0.25) is 0 Å². The van der Waals surface area contributed by atoms with E-state index in [-0.39, 0.29) is 0 Å². The van der Waals surface area contributed by atoms with E-state index in [1.165, 1.54) is 45.4 Å². The number of likely N-dealkylation sites (N-methyl/N-ethyl adjacent to an activating group) is 1. The van der Waals surface area contributed by atoms with Gasteiger partial charge in [0.05, 0.1) is 0 Å². The van der Waals surface area contributed by atoms with Crippen molar-refractivity contribution >= 4 is 0 Å². The minimum atomic E-state index is 0.718. The van der Waals surface area contributed by atoms with Crippen LogP contribution in [0.25, 0.3) is 0 Å². The average Bonchev–Trinajstić information content (AvgIpc) is 2.31. The number of nitrogens with one attached hydrogen (secondary N) is 2. The van der Waals surface area contributed by atoms with E-state index in [9.17, 15) is 0 Å². The second-order valence-corrected chi connectivity index (χ2v) is 4.38. The molecule has 0 amide bonds. The standard InChI is InChI=1S/C12H27N3/c1-3-15(4-2)10-9-13-11-12-7-5-6-8-14-12/h12-14H,3-11H2,1-2H3. The molecule has 1 atom stereocenters. The molecule has 0 aromatic carbocycles. The van der Waals surface area contributed by atoms with Crippen LogP contribution >= 0.6 is 0 Å². The molecule has 3 nitrogen and oxygen atoms in total. The van der Waals surface area contributed by atoms with Crippen molar-refractivity contribution in [1.82, 2.24) is 15.5 Å². The molecular weight excluding hydrogens is 186 g/mol. The molecule has 15 heavy (non-hydrogen) atoms. The zero-order valence-corrected chi connectivity index (χ0v) is 10.4. The molecule has 0 aromatic rings. The van der Waals surface area contributed by atoms with Gasteiger partial charge < -0.3 is 15.5 Å².